The normalized spacial score (nSPS) is 14.8. The van der Waals surface area contributed by atoms with Crippen molar-refractivity contribution in [1.82, 2.24) is 35.3 Å². The molecular weight excluding hydrogens is 310 g/mol. The van der Waals surface area contributed by atoms with Crippen LogP contribution in [0.5, 0.6) is 0 Å². The number of halogens is 1. The van der Waals surface area contributed by atoms with Gasteiger partial charge in [-0.25, -0.2) is 4.68 Å². The Labute approximate surface area is 132 Å². The van der Waals surface area contributed by atoms with Gasteiger partial charge in [0.15, 0.2) is 0 Å². The zero-order valence-electron chi connectivity index (χ0n) is 12.1. The van der Waals surface area contributed by atoms with E-state index in [2.05, 4.69) is 25.9 Å². The summed E-state index contributed by atoms with van der Waals surface area (Å²) in [5.41, 5.74) is 1.99. The zero-order valence-corrected chi connectivity index (χ0v) is 13.7. The molecule has 2 heterocycles. The fraction of sp³-hybridized carbons (Fsp3) is 0.667. The molecule has 0 amide bonds. The number of hydrogen-bond donors (Lipinski definition) is 1. The van der Waals surface area contributed by atoms with E-state index >= 15 is 0 Å². The number of nitrogens with zero attached hydrogens (tertiary/aromatic N) is 6. The first-order chi connectivity index (χ1) is 10.1. The van der Waals surface area contributed by atoms with E-state index < -0.39 is 0 Å². The van der Waals surface area contributed by atoms with Crippen LogP contribution in [0, 0.1) is 6.92 Å². The summed E-state index contributed by atoms with van der Waals surface area (Å²) in [4.78, 5) is 0. The molecule has 114 valence electrons. The second-order valence-electron chi connectivity index (χ2n) is 5.18. The van der Waals surface area contributed by atoms with E-state index in [1.54, 1.807) is 16.4 Å². The monoisotopic (exact) mass is 327 g/mol. The van der Waals surface area contributed by atoms with Crippen LogP contribution in [-0.2, 0) is 19.3 Å². The number of hydrogen-bond acceptors (Lipinski definition) is 6. The summed E-state index contributed by atoms with van der Waals surface area (Å²) in [5, 5.41) is 21.1. The fourth-order valence-corrected chi connectivity index (χ4v) is 3.39. The Morgan fingerprint density at radius 3 is 2.90 bits per heavy atom. The highest BCUT2D eigenvalue weighted by Gasteiger charge is 2.20. The minimum absolute atomic E-state index is 0.675. The van der Waals surface area contributed by atoms with Gasteiger partial charge in [-0.15, -0.1) is 5.10 Å². The van der Waals surface area contributed by atoms with Gasteiger partial charge >= 0.3 is 0 Å². The van der Waals surface area contributed by atoms with E-state index in [-0.39, 0.29) is 0 Å². The molecule has 2 aromatic rings. The summed E-state index contributed by atoms with van der Waals surface area (Å²) >= 11 is 7.82. The molecule has 0 spiro atoms. The van der Waals surface area contributed by atoms with E-state index in [0.717, 1.165) is 35.3 Å². The van der Waals surface area contributed by atoms with Gasteiger partial charge < -0.3 is 5.32 Å². The van der Waals surface area contributed by atoms with Crippen LogP contribution >= 0.6 is 23.4 Å². The van der Waals surface area contributed by atoms with Gasteiger partial charge in [0, 0.05) is 31.0 Å². The number of thioether (sulfide) groups is 1. The number of tetrazole rings is 1. The summed E-state index contributed by atoms with van der Waals surface area (Å²) in [6.45, 7) is 3.64. The molecule has 0 unspecified atom stereocenters. The van der Waals surface area contributed by atoms with E-state index in [9.17, 15) is 0 Å². The first kappa shape index (κ1) is 14.8. The Kier molecular flexibility index (Phi) is 4.46. The van der Waals surface area contributed by atoms with Crippen molar-refractivity contribution in [2.24, 2.45) is 7.05 Å². The summed E-state index contributed by atoms with van der Waals surface area (Å²) in [5.74, 6) is 0.717. The highest BCUT2D eigenvalue weighted by molar-refractivity contribution is 7.98. The molecule has 1 saturated carbocycles. The van der Waals surface area contributed by atoms with Crippen LogP contribution in [0.1, 0.15) is 24.1 Å². The van der Waals surface area contributed by atoms with Crippen molar-refractivity contribution in [3.05, 3.63) is 16.4 Å². The topological polar surface area (TPSA) is 73.5 Å². The van der Waals surface area contributed by atoms with Crippen LogP contribution in [0.4, 0.5) is 0 Å². The molecule has 9 heteroatoms. The predicted octanol–water partition coefficient (Wildman–Crippen LogP) is 1.41. The van der Waals surface area contributed by atoms with Crippen molar-refractivity contribution in [3.63, 3.8) is 0 Å². The molecule has 0 radical (unpaired) electrons. The lowest BCUT2D eigenvalue weighted by Crippen LogP contribution is -2.22. The second kappa shape index (κ2) is 6.33. The molecule has 1 N–H and O–H groups in total. The minimum Gasteiger partial charge on any atom is -0.312 e. The van der Waals surface area contributed by atoms with E-state index in [1.165, 1.54) is 12.8 Å². The van der Waals surface area contributed by atoms with E-state index in [0.29, 0.717) is 11.2 Å². The van der Waals surface area contributed by atoms with Crippen molar-refractivity contribution < 1.29 is 0 Å². The van der Waals surface area contributed by atoms with Gasteiger partial charge in [-0.2, -0.15) is 5.10 Å². The van der Waals surface area contributed by atoms with Crippen molar-refractivity contribution in [3.8, 4) is 0 Å². The van der Waals surface area contributed by atoms with Crippen molar-refractivity contribution >= 4 is 23.4 Å². The lowest BCUT2D eigenvalue weighted by molar-refractivity contribution is 0.509. The SMILES string of the molecule is Cc1nn(C)c(Cl)c1CSc1nnnn1CCNC1CC1. The maximum Gasteiger partial charge on any atom is 0.209 e. The van der Waals surface area contributed by atoms with Crippen LogP contribution in [0.2, 0.25) is 5.15 Å². The molecule has 0 bridgehead atoms. The third-order valence-corrected chi connectivity index (χ3v) is 4.90. The van der Waals surface area contributed by atoms with Gasteiger partial charge in [-0.3, -0.25) is 4.68 Å². The first-order valence-electron chi connectivity index (χ1n) is 6.95. The molecule has 21 heavy (non-hydrogen) atoms. The minimum atomic E-state index is 0.675. The van der Waals surface area contributed by atoms with E-state index in [1.807, 2.05) is 18.7 Å². The van der Waals surface area contributed by atoms with Gasteiger partial charge in [0.2, 0.25) is 5.16 Å². The molecule has 0 aliphatic heterocycles. The average molecular weight is 328 g/mol. The van der Waals surface area contributed by atoms with Crippen molar-refractivity contribution in [2.75, 3.05) is 6.54 Å². The molecule has 1 fully saturated rings. The summed E-state index contributed by atoms with van der Waals surface area (Å²) < 4.78 is 3.52. The van der Waals surface area contributed by atoms with Gasteiger partial charge in [-0.05, 0) is 30.2 Å². The van der Waals surface area contributed by atoms with Crippen molar-refractivity contribution in [1.29, 1.82) is 0 Å². The lowest BCUT2D eigenvalue weighted by Gasteiger charge is -2.05. The number of rotatable bonds is 7. The van der Waals surface area contributed by atoms with E-state index in [4.69, 9.17) is 11.6 Å². The Morgan fingerprint density at radius 1 is 1.43 bits per heavy atom. The summed E-state index contributed by atoms with van der Waals surface area (Å²) in [6.07, 6.45) is 2.58. The van der Waals surface area contributed by atoms with Crippen LogP contribution in [0.15, 0.2) is 5.16 Å². The fourth-order valence-electron chi connectivity index (χ4n) is 2.08. The molecule has 0 aromatic carbocycles. The largest absolute Gasteiger partial charge is 0.312 e. The van der Waals surface area contributed by atoms with Gasteiger partial charge in [0.05, 0.1) is 12.2 Å². The first-order valence-corrected chi connectivity index (χ1v) is 8.32. The number of aromatic nitrogens is 6. The van der Waals surface area contributed by atoms with Gasteiger partial charge in [-0.1, -0.05) is 23.4 Å². The van der Waals surface area contributed by atoms with Crippen LogP contribution in [0.3, 0.4) is 0 Å². The lowest BCUT2D eigenvalue weighted by atomic mass is 10.3. The molecule has 0 saturated heterocycles. The molecular formula is C12H18ClN7S. The standard InChI is InChI=1S/C12H18ClN7S/c1-8-10(11(13)19(2)16-8)7-21-12-15-17-18-20(12)6-5-14-9-3-4-9/h9,14H,3-7H2,1-2H3. The molecule has 7 nitrogen and oxygen atoms in total. The van der Waals surface area contributed by atoms with Crippen molar-refractivity contribution in [2.45, 2.75) is 43.3 Å². The van der Waals surface area contributed by atoms with Crippen LogP contribution in [0.25, 0.3) is 0 Å². The Bertz CT molecular complexity index is 619. The molecule has 1 aliphatic rings. The van der Waals surface area contributed by atoms with Gasteiger partial charge in [0.25, 0.3) is 0 Å². The maximum absolute atomic E-state index is 6.24. The molecule has 2 aromatic heterocycles. The Balaban J connectivity index is 1.58. The second-order valence-corrected chi connectivity index (χ2v) is 6.48. The third-order valence-electron chi connectivity index (χ3n) is 3.45. The summed E-state index contributed by atoms with van der Waals surface area (Å²) in [7, 11) is 1.84. The highest BCUT2D eigenvalue weighted by Crippen LogP contribution is 2.27. The number of nitrogens with one attached hydrogen (secondary N) is 1. The highest BCUT2D eigenvalue weighted by atomic mass is 35.5. The zero-order chi connectivity index (χ0) is 14.8. The average Bonchev–Trinajstić information content (AvgIpc) is 3.11. The molecule has 3 rings (SSSR count). The maximum atomic E-state index is 6.24. The predicted molar refractivity (Wildman–Crippen MR) is 81.4 cm³/mol. The summed E-state index contributed by atoms with van der Waals surface area (Å²) in [6, 6.07) is 0.703. The Hall–Kier alpha value is -1.12. The Morgan fingerprint density at radius 2 is 2.24 bits per heavy atom. The smallest absolute Gasteiger partial charge is 0.209 e. The van der Waals surface area contributed by atoms with Crippen LogP contribution in [-0.4, -0.2) is 42.6 Å². The number of aryl methyl sites for hydroxylation is 2. The molecule has 0 atom stereocenters. The molecule has 1 aliphatic carbocycles. The third kappa shape index (κ3) is 3.56. The van der Waals surface area contributed by atoms with Crippen LogP contribution < -0.4 is 5.32 Å². The van der Waals surface area contributed by atoms with Gasteiger partial charge in [0.1, 0.15) is 5.15 Å². The quantitative estimate of drug-likeness (QED) is 0.775.